The van der Waals surface area contributed by atoms with Crippen LogP contribution in [0.15, 0.2) is 18.2 Å². The molecule has 0 saturated carbocycles. The molecular formula is C18H26ClN3O3. The van der Waals surface area contributed by atoms with Gasteiger partial charge in [-0.05, 0) is 63.5 Å². The molecular weight excluding hydrogens is 342 g/mol. The van der Waals surface area contributed by atoms with Gasteiger partial charge in [0.1, 0.15) is 0 Å². The maximum absolute atomic E-state index is 12.3. The summed E-state index contributed by atoms with van der Waals surface area (Å²) < 4.78 is 0. The first-order chi connectivity index (χ1) is 11.8. The van der Waals surface area contributed by atoms with E-state index in [-0.39, 0.29) is 18.5 Å². The first-order valence-electron chi connectivity index (χ1n) is 8.55. The summed E-state index contributed by atoms with van der Waals surface area (Å²) in [6.45, 7) is 3.96. The highest BCUT2D eigenvalue weighted by Gasteiger charge is 2.22. The van der Waals surface area contributed by atoms with Crippen molar-refractivity contribution in [1.29, 1.82) is 0 Å². The molecule has 1 atom stereocenters. The first-order valence-corrected chi connectivity index (χ1v) is 8.93. The number of anilines is 1. The maximum Gasteiger partial charge on any atom is 0.317 e. The molecule has 1 amide bonds. The van der Waals surface area contributed by atoms with Crippen LogP contribution in [0.25, 0.3) is 0 Å². The summed E-state index contributed by atoms with van der Waals surface area (Å²) in [6.07, 6.45) is 2.79. The zero-order valence-electron chi connectivity index (χ0n) is 14.8. The quantitative estimate of drug-likeness (QED) is 0.808. The molecule has 1 unspecified atom stereocenters. The Bertz CT molecular complexity index is 624. The summed E-state index contributed by atoms with van der Waals surface area (Å²) in [4.78, 5) is 27.2. The third-order valence-corrected chi connectivity index (χ3v) is 4.86. The van der Waals surface area contributed by atoms with Gasteiger partial charge in [-0.3, -0.25) is 19.4 Å². The zero-order valence-corrected chi connectivity index (χ0v) is 15.6. The van der Waals surface area contributed by atoms with Gasteiger partial charge in [-0.25, -0.2) is 0 Å². The van der Waals surface area contributed by atoms with Gasteiger partial charge < -0.3 is 10.4 Å². The van der Waals surface area contributed by atoms with E-state index in [1.165, 1.54) is 0 Å². The van der Waals surface area contributed by atoms with Crippen LogP contribution in [-0.4, -0.2) is 66.1 Å². The Labute approximate surface area is 153 Å². The van der Waals surface area contributed by atoms with Crippen LogP contribution in [0, 0.1) is 6.92 Å². The number of aliphatic carboxylic acids is 1. The Hall–Kier alpha value is -1.63. The van der Waals surface area contributed by atoms with Crippen LogP contribution in [0.1, 0.15) is 24.8 Å². The Morgan fingerprint density at radius 2 is 2.12 bits per heavy atom. The van der Waals surface area contributed by atoms with Crippen LogP contribution in [0.4, 0.5) is 5.69 Å². The molecule has 7 heteroatoms. The lowest BCUT2D eigenvalue weighted by Crippen LogP contribution is -2.37. The zero-order chi connectivity index (χ0) is 18.4. The molecule has 2 rings (SSSR count). The maximum atomic E-state index is 12.3. The number of rotatable bonds is 6. The van der Waals surface area contributed by atoms with Crippen LogP contribution in [0.5, 0.6) is 0 Å². The van der Waals surface area contributed by atoms with E-state index in [0.29, 0.717) is 11.6 Å². The largest absolute Gasteiger partial charge is 0.480 e. The average molecular weight is 368 g/mol. The van der Waals surface area contributed by atoms with E-state index in [0.717, 1.165) is 43.6 Å². The molecule has 0 spiro atoms. The third-order valence-electron chi connectivity index (χ3n) is 4.63. The fraction of sp³-hybridized carbons (Fsp3) is 0.556. The monoisotopic (exact) mass is 367 g/mol. The minimum Gasteiger partial charge on any atom is -0.480 e. The second-order valence-electron chi connectivity index (χ2n) is 6.68. The summed E-state index contributed by atoms with van der Waals surface area (Å²) in [5.74, 6) is -0.843. The smallest absolute Gasteiger partial charge is 0.317 e. The van der Waals surface area contributed by atoms with Crippen molar-refractivity contribution >= 4 is 29.2 Å². The molecule has 1 aromatic rings. The number of nitrogens with zero attached hydrogens (tertiary/aromatic N) is 2. The van der Waals surface area contributed by atoms with Crippen molar-refractivity contribution in [2.75, 3.05) is 38.5 Å². The Balaban J connectivity index is 1.84. The van der Waals surface area contributed by atoms with Crippen molar-refractivity contribution in [3.63, 3.8) is 0 Å². The molecule has 138 valence electrons. The topological polar surface area (TPSA) is 72.9 Å². The number of carboxylic acids is 1. The van der Waals surface area contributed by atoms with Gasteiger partial charge in [-0.1, -0.05) is 11.6 Å². The van der Waals surface area contributed by atoms with Crippen LogP contribution in [-0.2, 0) is 9.59 Å². The van der Waals surface area contributed by atoms with Gasteiger partial charge in [0.2, 0.25) is 5.91 Å². The third kappa shape index (κ3) is 6.30. The Morgan fingerprint density at radius 1 is 1.36 bits per heavy atom. The molecule has 1 saturated heterocycles. The lowest BCUT2D eigenvalue weighted by atomic mass is 10.1. The summed E-state index contributed by atoms with van der Waals surface area (Å²) in [5.41, 5.74) is 1.72. The van der Waals surface area contributed by atoms with Gasteiger partial charge in [0, 0.05) is 23.3 Å². The number of likely N-dealkylation sites (N-methyl/N-ethyl adjacent to an activating group) is 1. The number of hydrogen-bond donors (Lipinski definition) is 2. The molecule has 1 aliphatic heterocycles. The SMILES string of the molecule is Cc1cc(Cl)ccc1NC(=O)CN1CCCC(N(C)CC(=O)O)CC1. The average Bonchev–Trinajstić information content (AvgIpc) is 2.75. The van der Waals surface area contributed by atoms with E-state index in [1.54, 1.807) is 6.07 Å². The van der Waals surface area contributed by atoms with Crippen LogP contribution in [0.3, 0.4) is 0 Å². The molecule has 6 nitrogen and oxygen atoms in total. The van der Waals surface area contributed by atoms with E-state index in [1.807, 2.05) is 31.0 Å². The number of hydrogen-bond acceptors (Lipinski definition) is 4. The summed E-state index contributed by atoms with van der Waals surface area (Å²) >= 11 is 5.94. The van der Waals surface area contributed by atoms with Crippen LogP contribution < -0.4 is 5.32 Å². The molecule has 1 fully saturated rings. The van der Waals surface area contributed by atoms with Crippen molar-refractivity contribution < 1.29 is 14.7 Å². The van der Waals surface area contributed by atoms with Gasteiger partial charge in [0.15, 0.2) is 0 Å². The van der Waals surface area contributed by atoms with Crippen molar-refractivity contribution in [1.82, 2.24) is 9.80 Å². The van der Waals surface area contributed by atoms with Gasteiger partial charge >= 0.3 is 5.97 Å². The van der Waals surface area contributed by atoms with Crippen molar-refractivity contribution in [3.8, 4) is 0 Å². The van der Waals surface area contributed by atoms with E-state index in [2.05, 4.69) is 10.2 Å². The fourth-order valence-electron chi connectivity index (χ4n) is 3.24. The number of carbonyl (C=O) groups is 2. The van der Waals surface area contributed by atoms with Crippen molar-refractivity contribution in [3.05, 3.63) is 28.8 Å². The second kappa shape index (κ2) is 9.17. The number of carbonyl (C=O) groups excluding carboxylic acids is 1. The molecule has 25 heavy (non-hydrogen) atoms. The van der Waals surface area contributed by atoms with Crippen LogP contribution in [0.2, 0.25) is 5.02 Å². The summed E-state index contributed by atoms with van der Waals surface area (Å²) in [7, 11) is 1.85. The Kier molecular flexibility index (Phi) is 7.23. The van der Waals surface area contributed by atoms with Gasteiger partial charge in [0.05, 0.1) is 13.1 Å². The minimum absolute atomic E-state index is 0.0391. The first kappa shape index (κ1) is 19.7. The summed E-state index contributed by atoms with van der Waals surface area (Å²) in [5, 5.41) is 12.5. The molecule has 1 aliphatic rings. The lowest BCUT2D eigenvalue weighted by Gasteiger charge is -2.25. The standard InChI is InChI=1S/C18H26ClN3O3/c1-13-10-14(19)5-6-16(13)20-17(23)11-22-8-3-4-15(7-9-22)21(2)12-18(24)25/h5-6,10,15H,3-4,7-9,11-12H2,1-2H3,(H,20,23)(H,24,25). The van der Waals surface area contributed by atoms with Crippen molar-refractivity contribution in [2.45, 2.75) is 32.2 Å². The Morgan fingerprint density at radius 3 is 2.80 bits per heavy atom. The molecule has 0 bridgehead atoms. The highest BCUT2D eigenvalue weighted by molar-refractivity contribution is 6.30. The molecule has 1 heterocycles. The molecule has 1 aromatic carbocycles. The molecule has 2 N–H and O–H groups in total. The number of nitrogens with one attached hydrogen (secondary N) is 1. The van der Waals surface area contributed by atoms with E-state index in [9.17, 15) is 9.59 Å². The summed E-state index contributed by atoms with van der Waals surface area (Å²) in [6, 6.07) is 5.66. The highest BCUT2D eigenvalue weighted by Crippen LogP contribution is 2.20. The van der Waals surface area contributed by atoms with Gasteiger partial charge in [-0.15, -0.1) is 0 Å². The van der Waals surface area contributed by atoms with E-state index in [4.69, 9.17) is 16.7 Å². The fourth-order valence-corrected chi connectivity index (χ4v) is 3.47. The van der Waals surface area contributed by atoms with E-state index < -0.39 is 5.97 Å². The van der Waals surface area contributed by atoms with Gasteiger partial charge in [0.25, 0.3) is 0 Å². The molecule has 0 radical (unpaired) electrons. The number of likely N-dealkylation sites (tertiary alicyclic amines) is 1. The highest BCUT2D eigenvalue weighted by atomic mass is 35.5. The predicted octanol–water partition coefficient (Wildman–Crippen LogP) is 2.46. The number of carboxylic acid groups (broad SMARTS) is 1. The van der Waals surface area contributed by atoms with Gasteiger partial charge in [-0.2, -0.15) is 0 Å². The van der Waals surface area contributed by atoms with Crippen LogP contribution >= 0.6 is 11.6 Å². The van der Waals surface area contributed by atoms with E-state index >= 15 is 0 Å². The number of amides is 1. The number of aryl methyl sites for hydroxylation is 1. The number of halogens is 1. The van der Waals surface area contributed by atoms with Crippen molar-refractivity contribution in [2.24, 2.45) is 0 Å². The predicted molar refractivity (Wildman–Crippen MR) is 99.2 cm³/mol. The number of benzene rings is 1. The second-order valence-corrected chi connectivity index (χ2v) is 7.11. The molecule has 0 aliphatic carbocycles. The molecule has 0 aromatic heterocycles. The lowest BCUT2D eigenvalue weighted by molar-refractivity contribution is -0.138. The minimum atomic E-state index is -0.804. The normalized spacial score (nSPS) is 18.8.